The number of carbonyl (C=O) groups excluding carboxylic acids is 1. The largest absolute Gasteiger partial charge is 0.385 e. The minimum atomic E-state index is 0.0750. The molecule has 1 saturated carbocycles. The number of aromatic nitrogens is 1. The van der Waals surface area contributed by atoms with E-state index in [0.717, 1.165) is 25.1 Å². The van der Waals surface area contributed by atoms with Crippen LogP contribution in [0.2, 0.25) is 0 Å². The molecule has 1 aromatic rings. The Morgan fingerprint density at radius 1 is 1.50 bits per heavy atom. The summed E-state index contributed by atoms with van der Waals surface area (Å²) in [5, 5.41) is 3.21. The summed E-state index contributed by atoms with van der Waals surface area (Å²) in [6.45, 7) is 2.83. The van der Waals surface area contributed by atoms with Crippen LogP contribution in [-0.2, 0) is 0 Å². The number of nitrogens with zero attached hydrogens (tertiary/aromatic N) is 2. The number of pyridine rings is 1. The van der Waals surface area contributed by atoms with Crippen LogP contribution in [0.15, 0.2) is 18.5 Å². The van der Waals surface area contributed by atoms with E-state index in [1.807, 2.05) is 24.9 Å². The average Bonchev–Trinajstić information content (AvgIpc) is 2.92. The highest BCUT2D eigenvalue weighted by Crippen LogP contribution is 2.25. The van der Waals surface area contributed by atoms with Gasteiger partial charge in [-0.15, -0.1) is 0 Å². The molecule has 0 atom stereocenters. The summed E-state index contributed by atoms with van der Waals surface area (Å²) in [5.41, 5.74) is 1.55. The van der Waals surface area contributed by atoms with E-state index < -0.39 is 0 Å². The molecule has 1 aliphatic carbocycles. The standard InChI is InChI=1S/C14H21N3O/c1-3-16-13-8-9-15-10-12(13)14(18)17(2)11-6-4-5-7-11/h8-11H,3-7H2,1-2H3,(H,15,16). The minimum absolute atomic E-state index is 0.0750. The second-order valence-corrected chi connectivity index (χ2v) is 4.81. The summed E-state index contributed by atoms with van der Waals surface area (Å²) in [6.07, 6.45) is 8.08. The highest BCUT2D eigenvalue weighted by atomic mass is 16.2. The summed E-state index contributed by atoms with van der Waals surface area (Å²) < 4.78 is 0. The Kier molecular flexibility index (Phi) is 4.18. The molecule has 0 radical (unpaired) electrons. The maximum atomic E-state index is 12.5. The zero-order chi connectivity index (χ0) is 13.0. The van der Waals surface area contributed by atoms with Crippen LogP contribution in [-0.4, -0.2) is 35.4 Å². The first kappa shape index (κ1) is 12.9. The van der Waals surface area contributed by atoms with Crippen molar-refractivity contribution in [1.29, 1.82) is 0 Å². The van der Waals surface area contributed by atoms with E-state index >= 15 is 0 Å². The lowest BCUT2D eigenvalue weighted by Crippen LogP contribution is -2.35. The summed E-state index contributed by atoms with van der Waals surface area (Å²) in [7, 11) is 1.90. The van der Waals surface area contributed by atoms with Gasteiger partial charge in [0.1, 0.15) is 0 Å². The summed E-state index contributed by atoms with van der Waals surface area (Å²) in [5.74, 6) is 0.0750. The van der Waals surface area contributed by atoms with E-state index in [9.17, 15) is 4.79 Å². The van der Waals surface area contributed by atoms with Gasteiger partial charge in [0.05, 0.1) is 11.3 Å². The molecule has 4 heteroatoms. The van der Waals surface area contributed by atoms with Gasteiger partial charge in [0, 0.05) is 32.0 Å². The first-order valence-electron chi connectivity index (χ1n) is 6.69. The minimum Gasteiger partial charge on any atom is -0.385 e. The Morgan fingerprint density at radius 3 is 2.89 bits per heavy atom. The molecule has 98 valence electrons. The van der Waals surface area contributed by atoms with Gasteiger partial charge >= 0.3 is 0 Å². The topological polar surface area (TPSA) is 45.2 Å². The van der Waals surface area contributed by atoms with Crippen LogP contribution in [0.3, 0.4) is 0 Å². The fourth-order valence-electron chi connectivity index (χ4n) is 2.56. The van der Waals surface area contributed by atoms with Crippen molar-refractivity contribution in [3.05, 3.63) is 24.0 Å². The van der Waals surface area contributed by atoms with Crippen molar-refractivity contribution in [2.24, 2.45) is 0 Å². The van der Waals surface area contributed by atoms with E-state index in [-0.39, 0.29) is 5.91 Å². The summed E-state index contributed by atoms with van der Waals surface area (Å²) in [6, 6.07) is 2.26. The zero-order valence-electron chi connectivity index (χ0n) is 11.1. The molecule has 0 aromatic carbocycles. The monoisotopic (exact) mass is 247 g/mol. The van der Waals surface area contributed by atoms with Gasteiger partial charge in [-0.3, -0.25) is 9.78 Å². The fraction of sp³-hybridized carbons (Fsp3) is 0.571. The molecule has 0 unspecified atom stereocenters. The number of anilines is 1. The van der Waals surface area contributed by atoms with E-state index in [1.165, 1.54) is 12.8 Å². The lowest BCUT2D eigenvalue weighted by molar-refractivity contribution is 0.0735. The van der Waals surface area contributed by atoms with E-state index in [0.29, 0.717) is 11.6 Å². The smallest absolute Gasteiger partial charge is 0.257 e. The normalized spacial score (nSPS) is 15.7. The van der Waals surface area contributed by atoms with Crippen LogP contribution in [0.1, 0.15) is 43.0 Å². The Morgan fingerprint density at radius 2 is 2.22 bits per heavy atom. The second kappa shape index (κ2) is 5.85. The molecular weight excluding hydrogens is 226 g/mol. The van der Waals surface area contributed by atoms with Crippen LogP contribution in [0.5, 0.6) is 0 Å². The lowest BCUT2D eigenvalue weighted by atomic mass is 10.1. The van der Waals surface area contributed by atoms with Gasteiger partial charge in [0.25, 0.3) is 5.91 Å². The summed E-state index contributed by atoms with van der Waals surface area (Å²) in [4.78, 5) is 18.4. The Labute approximate surface area is 108 Å². The van der Waals surface area contributed by atoms with Crippen LogP contribution in [0.4, 0.5) is 5.69 Å². The van der Waals surface area contributed by atoms with Crippen LogP contribution in [0, 0.1) is 0 Å². The molecule has 0 aliphatic heterocycles. The van der Waals surface area contributed by atoms with Gasteiger partial charge < -0.3 is 10.2 Å². The van der Waals surface area contributed by atoms with Crippen molar-refractivity contribution in [1.82, 2.24) is 9.88 Å². The third-order valence-corrected chi connectivity index (χ3v) is 3.61. The molecule has 1 N–H and O–H groups in total. The van der Waals surface area contributed by atoms with Gasteiger partial charge in [-0.2, -0.15) is 0 Å². The van der Waals surface area contributed by atoms with Crippen LogP contribution < -0.4 is 5.32 Å². The number of amides is 1. The number of hydrogen-bond acceptors (Lipinski definition) is 3. The molecule has 1 aromatic heterocycles. The SMILES string of the molecule is CCNc1ccncc1C(=O)N(C)C1CCCC1. The van der Waals surface area contributed by atoms with Crippen LogP contribution >= 0.6 is 0 Å². The first-order valence-corrected chi connectivity index (χ1v) is 6.69. The fourth-order valence-corrected chi connectivity index (χ4v) is 2.56. The molecule has 0 spiro atoms. The quantitative estimate of drug-likeness (QED) is 0.889. The predicted molar refractivity (Wildman–Crippen MR) is 72.8 cm³/mol. The average molecular weight is 247 g/mol. The van der Waals surface area contributed by atoms with Gasteiger partial charge in [-0.25, -0.2) is 0 Å². The molecule has 0 saturated heterocycles. The Balaban J connectivity index is 2.16. The van der Waals surface area contributed by atoms with Crippen molar-refractivity contribution in [3.8, 4) is 0 Å². The molecule has 1 aliphatic rings. The highest BCUT2D eigenvalue weighted by Gasteiger charge is 2.25. The van der Waals surface area contributed by atoms with Crippen molar-refractivity contribution >= 4 is 11.6 Å². The number of hydrogen-bond donors (Lipinski definition) is 1. The third kappa shape index (κ3) is 2.63. The number of nitrogens with one attached hydrogen (secondary N) is 1. The van der Waals surface area contributed by atoms with Crippen LogP contribution in [0.25, 0.3) is 0 Å². The Bertz CT molecular complexity index is 413. The molecule has 18 heavy (non-hydrogen) atoms. The molecule has 1 heterocycles. The first-order chi connectivity index (χ1) is 8.74. The van der Waals surface area contributed by atoms with Crippen molar-refractivity contribution < 1.29 is 4.79 Å². The third-order valence-electron chi connectivity index (χ3n) is 3.61. The molecule has 4 nitrogen and oxygen atoms in total. The molecule has 2 rings (SSSR count). The van der Waals surface area contributed by atoms with Crippen molar-refractivity contribution in [2.75, 3.05) is 18.9 Å². The molecular formula is C14H21N3O. The second-order valence-electron chi connectivity index (χ2n) is 4.81. The lowest BCUT2D eigenvalue weighted by Gasteiger charge is -2.25. The van der Waals surface area contributed by atoms with E-state index in [1.54, 1.807) is 12.4 Å². The number of carbonyl (C=O) groups is 1. The van der Waals surface area contributed by atoms with Crippen molar-refractivity contribution in [2.45, 2.75) is 38.6 Å². The highest BCUT2D eigenvalue weighted by molar-refractivity contribution is 5.99. The maximum absolute atomic E-state index is 12.5. The molecule has 0 bridgehead atoms. The summed E-state index contributed by atoms with van der Waals surface area (Å²) >= 11 is 0. The van der Waals surface area contributed by atoms with E-state index in [2.05, 4.69) is 10.3 Å². The van der Waals surface area contributed by atoms with Gasteiger partial charge in [-0.05, 0) is 25.8 Å². The van der Waals surface area contributed by atoms with Gasteiger partial charge in [-0.1, -0.05) is 12.8 Å². The predicted octanol–water partition coefficient (Wildman–Crippen LogP) is 2.53. The van der Waals surface area contributed by atoms with Crippen molar-refractivity contribution in [3.63, 3.8) is 0 Å². The van der Waals surface area contributed by atoms with E-state index in [4.69, 9.17) is 0 Å². The molecule has 1 amide bonds. The number of rotatable bonds is 4. The maximum Gasteiger partial charge on any atom is 0.257 e. The van der Waals surface area contributed by atoms with Gasteiger partial charge in [0.2, 0.25) is 0 Å². The molecule has 1 fully saturated rings. The Hall–Kier alpha value is -1.58. The zero-order valence-corrected chi connectivity index (χ0v) is 11.1. The van der Waals surface area contributed by atoms with Gasteiger partial charge in [0.15, 0.2) is 0 Å².